The normalized spacial score (nSPS) is 12.5. The molecule has 0 N–H and O–H groups in total. The first-order chi connectivity index (χ1) is 6.72. The highest BCUT2D eigenvalue weighted by Gasteiger charge is 2.48. The molecule has 0 aliphatic heterocycles. The summed E-state index contributed by atoms with van der Waals surface area (Å²) < 4.78 is 60.6. The summed E-state index contributed by atoms with van der Waals surface area (Å²) in [6, 6.07) is 5.19. The maximum atomic E-state index is 11.9. The fraction of sp³-hybridized carbons (Fsp3) is 0.250. The van der Waals surface area contributed by atoms with E-state index < -0.39 is 15.6 Å². The zero-order valence-corrected chi connectivity index (χ0v) is 8.39. The predicted molar refractivity (Wildman–Crippen MR) is 46.8 cm³/mol. The van der Waals surface area contributed by atoms with Gasteiger partial charge in [0, 0.05) is 0 Å². The minimum atomic E-state index is -5.56. The van der Waals surface area contributed by atoms with Crippen molar-refractivity contribution in [3.8, 4) is 5.75 Å². The summed E-state index contributed by atoms with van der Waals surface area (Å²) in [4.78, 5) is 0. The molecule has 0 unspecified atom stereocenters. The van der Waals surface area contributed by atoms with Crippen molar-refractivity contribution in [1.82, 2.24) is 0 Å². The van der Waals surface area contributed by atoms with Crippen molar-refractivity contribution in [2.75, 3.05) is 0 Å². The van der Waals surface area contributed by atoms with E-state index in [9.17, 15) is 21.6 Å². The quantitative estimate of drug-likeness (QED) is 0.588. The molecule has 1 aromatic carbocycles. The molecule has 0 amide bonds. The van der Waals surface area contributed by atoms with Crippen LogP contribution in [0.2, 0.25) is 0 Å². The van der Waals surface area contributed by atoms with Gasteiger partial charge in [-0.25, -0.2) is 0 Å². The van der Waals surface area contributed by atoms with E-state index in [4.69, 9.17) is 0 Å². The summed E-state index contributed by atoms with van der Waals surface area (Å²) in [6.45, 7) is 1.71. The molecule has 0 aliphatic carbocycles. The Balaban J connectivity index is 2.93. The van der Waals surface area contributed by atoms with Crippen molar-refractivity contribution in [3.05, 3.63) is 29.8 Å². The number of hydrogen-bond donors (Lipinski definition) is 0. The van der Waals surface area contributed by atoms with Crippen molar-refractivity contribution in [2.24, 2.45) is 0 Å². The van der Waals surface area contributed by atoms with Crippen molar-refractivity contribution >= 4 is 10.1 Å². The average Bonchev–Trinajstić information content (AvgIpc) is 2.06. The predicted octanol–water partition coefficient (Wildman–Crippen LogP) is 2.22. The second-order valence-electron chi connectivity index (χ2n) is 2.80. The van der Waals surface area contributed by atoms with Crippen LogP contribution >= 0.6 is 0 Å². The maximum absolute atomic E-state index is 11.9. The van der Waals surface area contributed by atoms with Crippen LogP contribution in [0, 0.1) is 6.92 Å². The number of hydrogen-bond acceptors (Lipinski definition) is 3. The minimum Gasteiger partial charge on any atom is -0.376 e. The van der Waals surface area contributed by atoms with E-state index in [-0.39, 0.29) is 5.75 Å². The Hall–Kier alpha value is -1.24. The molecule has 0 saturated heterocycles. The van der Waals surface area contributed by atoms with E-state index in [1.165, 1.54) is 12.1 Å². The zero-order chi connectivity index (χ0) is 11.7. The van der Waals surface area contributed by atoms with Gasteiger partial charge in [0.15, 0.2) is 0 Å². The molecule has 84 valence electrons. The number of benzene rings is 1. The fourth-order valence-corrected chi connectivity index (χ4v) is 1.23. The zero-order valence-electron chi connectivity index (χ0n) is 7.58. The molecule has 0 atom stereocenters. The largest absolute Gasteiger partial charge is 0.534 e. The van der Waals surface area contributed by atoms with Gasteiger partial charge in [-0.15, -0.1) is 0 Å². The molecule has 0 aliphatic rings. The third-order valence-electron chi connectivity index (χ3n) is 1.51. The van der Waals surface area contributed by atoms with Crippen LogP contribution in [-0.2, 0) is 10.1 Å². The molecule has 3 nitrogen and oxygen atoms in total. The van der Waals surface area contributed by atoms with E-state index in [1.54, 1.807) is 6.92 Å². The van der Waals surface area contributed by atoms with Gasteiger partial charge in [-0.2, -0.15) is 21.6 Å². The summed E-state index contributed by atoms with van der Waals surface area (Å²) in [6.07, 6.45) is 0. The van der Waals surface area contributed by atoms with Crippen LogP contribution < -0.4 is 4.18 Å². The number of rotatable bonds is 2. The lowest BCUT2D eigenvalue weighted by Crippen LogP contribution is -2.28. The van der Waals surface area contributed by atoms with Crippen molar-refractivity contribution < 1.29 is 25.8 Å². The van der Waals surface area contributed by atoms with Crippen molar-refractivity contribution in [1.29, 1.82) is 0 Å². The molecule has 0 saturated carbocycles. The second-order valence-corrected chi connectivity index (χ2v) is 4.33. The summed E-state index contributed by atoms with van der Waals surface area (Å²) in [5, 5.41) is 0. The number of aryl methyl sites for hydroxylation is 1. The molecule has 7 heteroatoms. The Bertz CT molecular complexity index is 433. The first-order valence-corrected chi connectivity index (χ1v) is 5.20. The molecule has 0 spiro atoms. The Labute approximate surface area is 84.6 Å². The summed E-state index contributed by atoms with van der Waals surface area (Å²) in [7, 11) is -5.56. The van der Waals surface area contributed by atoms with Gasteiger partial charge in [0.05, 0.1) is 0 Å². The van der Waals surface area contributed by atoms with Gasteiger partial charge in [-0.05, 0) is 19.1 Å². The molecule has 0 radical (unpaired) electrons. The van der Waals surface area contributed by atoms with Gasteiger partial charge < -0.3 is 4.18 Å². The number of halogens is 3. The van der Waals surface area contributed by atoms with Gasteiger partial charge in [-0.3, -0.25) is 0 Å². The first kappa shape index (κ1) is 11.8. The standard InChI is InChI=1S/C8H7F3O3S/c1-6-2-4-7(5-3-6)14-15(12,13)8(9,10)11/h2-5H,1H3. The summed E-state index contributed by atoms with van der Waals surface area (Å²) in [5.74, 6) is -0.363. The highest BCUT2D eigenvalue weighted by molar-refractivity contribution is 7.87. The molecule has 1 aromatic rings. The van der Waals surface area contributed by atoms with E-state index in [1.807, 2.05) is 0 Å². The van der Waals surface area contributed by atoms with Crippen molar-refractivity contribution in [3.63, 3.8) is 0 Å². The third-order valence-corrected chi connectivity index (χ3v) is 2.49. The SMILES string of the molecule is Cc1ccc(OS(=O)(=O)C(F)(F)F)cc1. The van der Waals surface area contributed by atoms with E-state index >= 15 is 0 Å². The van der Waals surface area contributed by atoms with Crippen LogP contribution in [0.5, 0.6) is 5.75 Å². The monoisotopic (exact) mass is 240 g/mol. The Morgan fingerprint density at radius 1 is 1.13 bits per heavy atom. The Morgan fingerprint density at radius 3 is 2.00 bits per heavy atom. The maximum Gasteiger partial charge on any atom is 0.534 e. The summed E-state index contributed by atoms with van der Waals surface area (Å²) >= 11 is 0. The molecule has 0 bridgehead atoms. The van der Waals surface area contributed by atoms with Crippen LogP contribution in [-0.4, -0.2) is 13.9 Å². The molecule has 0 aromatic heterocycles. The molecule has 0 heterocycles. The molecular weight excluding hydrogens is 233 g/mol. The lowest BCUT2D eigenvalue weighted by atomic mass is 10.2. The van der Waals surface area contributed by atoms with Gasteiger partial charge in [0.25, 0.3) is 0 Å². The lowest BCUT2D eigenvalue weighted by molar-refractivity contribution is -0.0500. The topological polar surface area (TPSA) is 43.4 Å². The second kappa shape index (κ2) is 3.73. The van der Waals surface area contributed by atoms with Crippen LogP contribution in [0.3, 0.4) is 0 Å². The molecule has 15 heavy (non-hydrogen) atoms. The lowest BCUT2D eigenvalue weighted by Gasteiger charge is -2.09. The highest BCUT2D eigenvalue weighted by atomic mass is 32.2. The van der Waals surface area contributed by atoms with E-state index in [2.05, 4.69) is 4.18 Å². The first-order valence-electron chi connectivity index (χ1n) is 3.80. The van der Waals surface area contributed by atoms with Crippen LogP contribution in [0.4, 0.5) is 13.2 Å². The van der Waals surface area contributed by atoms with E-state index in [0.717, 1.165) is 17.7 Å². The van der Waals surface area contributed by atoms with Gasteiger partial charge in [0.2, 0.25) is 0 Å². The van der Waals surface area contributed by atoms with Gasteiger partial charge in [0.1, 0.15) is 5.75 Å². The van der Waals surface area contributed by atoms with Gasteiger partial charge in [-0.1, -0.05) is 17.7 Å². The van der Waals surface area contributed by atoms with Crippen molar-refractivity contribution in [2.45, 2.75) is 12.4 Å². The number of alkyl halides is 3. The van der Waals surface area contributed by atoms with Crippen LogP contribution in [0.15, 0.2) is 24.3 Å². The molecule has 1 rings (SSSR count). The van der Waals surface area contributed by atoms with Crippen LogP contribution in [0.25, 0.3) is 0 Å². The summed E-state index contributed by atoms with van der Waals surface area (Å²) in [5.41, 5.74) is -4.62. The average molecular weight is 240 g/mol. The van der Waals surface area contributed by atoms with Crippen LogP contribution in [0.1, 0.15) is 5.56 Å². The Morgan fingerprint density at radius 2 is 1.60 bits per heavy atom. The third kappa shape index (κ3) is 2.85. The fourth-order valence-electron chi connectivity index (χ4n) is 0.768. The Kier molecular flexibility index (Phi) is 2.94. The van der Waals surface area contributed by atoms with Gasteiger partial charge >= 0.3 is 15.6 Å². The highest BCUT2D eigenvalue weighted by Crippen LogP contribution is 2.26. The van der Waals surface area contributed by atoms with E-state index in [0.29, 0.717) is 0 Å². The molecular formula is C8H7F3O3S. The minimum absolute atomic E-state index is 0.363. The smallest absolute Gasteiger partial charge is 0.376 e. The molecule has 0 fully saturated rings.